The fraction of sp³-hybridized carbons (Fsp3) is 0.467. The number of hydrogen-bond acceptors (Lipinski definition) is 5. The van der Waals surface area contributed by atoms with E-state index in [9.17, 15) is 24.3 Å². The molecule has 0 radical (unpaired) electrons. The first kappa shape index (κ1) is 18.6. The number of carbonyl (C=O) groups is 4. The third-order valence-corrected chi connectivity index (χ3v) is 3.89. The number of allylic oxidation sites excluding steroid dienone is 3. The predicted octanol–water partition coefficient (Wildman–Crippen LogP) is -0.208. The van der Waals surface area contributed by atoms with Gasteiger partial charge in [-0.25, -0.2) is 4.79 Å². The Morgan fingerprint density at radius 2 is 1.87 bits per heavy atom. The zero-order valence-corrected chi connectivity index (χ0v) is 12.9. The molecule has 3 atom stereocenters. The maximum Gasteiger partial charge on any atom is 0.327 e. The summed E-state index contributed by atoms with van der Waals surface area (Å²) in [7, 11) is 1.28. The number of hydrogen-bond donors (Lipinski definition) is 3. The number of carboxylic acids is 2. The van der Waals surface area contributed by atoms with Crippen molar-refractivity contribution in [2.24, 2.45) is 11.1 Å². The molecule has 0 spiro atoms. The van der Waals surface area contributed by atoms with Gasteiger partial charge in [-0.15, -0.1) is 0 Å². The lowest BCUT2D eigenvalue weighted by Gasteiger charge is -2.40. The fourth-order valence-electron chi connectivity index (χ4n) is 2.70. The third-order valence-electron chi connectivity index (χ3n) is 3.89. The van der Waals surface area contributed by atoms with Crippen molar-refractivity contribution in [2.45, 2.75) is 31.8 Å². The van der Waals surface area contributed by atoms with Crippen molar-refractivity contribution < 1.29 is 29.4 Å². The summed E-state index contributed by atoms with van der Waals surface area (Å²) < 4.78 is 0. The topological polar surface area (TPSA) is 138 Å². The van der Waals surface area contributed by atoms with Gasteiger partial charge >= 0.3 is 11.9 Å². The molecule has 0 aromatic heterocycles. The smallest absolute Gasteiger partial charge is 0.327 e. The van der Waals surface area contributed by atoms with Crippen LogP contribution in [0.5, 0.6) is 0 Å². The Labute approximate surface area is 133 Å². The summed E-state index contributed by atoms with van der Waals surface area (Å²) in [4.78, 5) is 47.9. The molecule has 2 unspecified atom stereocenters. The van der Waals surface area contributed by atoms with E-state index in [1.54, 1.807) is 12.2 Å². The molecule has 0 aromatic carbocycles. The lowest BCUT2D eigenvalue weighted by molar-refractivity contribution is -0.157. The molecule has 1 aliphatic rings. The average molecular weight is 324 g/mol. The molecule has 0 aromatic rings. The SMILES string of the molecule is CC(=O)N(C)C(C(=O)O)C1(C(=O)[C@@H](N)CC(=O)O)C=CC=CC1. The van der Waals surface area contributed by atoms with Crippen molar-refractivity contribution >= 4 is 23.6 Å². The minimum Gasteiger partial charge on any atom is -0.481 e. The second-order valence-corrected chi connectivity index (χ2v) is 5.47. The first-order chi connectivity index (χ1) is 10.6. The minimum absolute atomic E-state index is 0.0181. The molecule has 1 amide bonds. The van der Waals surface area contributed by atoms with Gasteiger partial charge in [-0.2, -0.15) is 0 Å². The Balaban J connectivity index is 3.35. The Kier molecular flexibility index (Phi) is 5.80. The first-order valence-electron chi connectivity index (χ1n) is 6.95. The molecule has 1 aliphatic carbocycles. The van der Waals surface area contributed by atoms with E-state index in [0.29, 0.717) is 0 Å². The quantitative estimate of drug-likeness (QED) is 0.589. The molecule has 8 nitrogen and oxygen atoms in total. The average Bonchev–Trinajstić information content (AvgIpc) is 2.46. The monoisotopic (exact) mass is 324 g/mol. The second-order valence-electron chi connectivity index (χ2n) is 5.47. The summed E-state index contributed by atoms with van der Waals surface area (Å²) in [6.07, 6.45) is 5.52. The normalized spacial score (nSPS) is 22.2. The first-order valence-corrected chi connectivity index (χ1v) is 6.95. The Hall–Kier alpha value is -2.48. The van der Waals surface area contributed by atoms with Crippen LogP contribution in [0.25, 0.3) is 0 Å². The number of nitrogens with two attached hydrogens (primary N) is 1. The number of nitrogens with zero attached hydrogens (tertiary/aromatic N) is 1. The van der Waals surface area contributed by atoms with E-state index in [-0.39, 0.29) is 6.42 Å². The van der Waals surface area contributed by atoms with Gasteiger partial charge in [-0.05, 0) is 6.42 Å². The Morgan fingerprint density at radius 3 is 2.26 bits per heavy atom. The maximum absolute atomic E-state index is 12.8. The van der Waals surface area contributed by atoms with E-state index in [1.807, 2.05) is 0 Å². The van der Waals surface area contributed by atoms with Gasteiger partial charge in [0.2, 0.25) is 5.91 Å². The highest BCUT2D eigenvalue weighted by atomic mass is 16.4. The second kappa shape index (κ2) is 7.19. The van der Waals surface area contributed by atoms with Gasteiger partial charge in [-0.3, -0.25) is 14.4 Å². The van der Waals surface area contributed by atoms with Crippen LogP contribution in [0, 0.1) is 5.41 Å². The highest BCUT2D eigenvalue weighted by Crippen LogP contribution is 2.37. The zero-order valence-electron chi connectivity index (χ0n) is 12.9. The van der Waals surface area contributed by atoms with Crippen LogP contribution < -0.4 is 5.73 Å². The van der Waals surface area contributed by atoms with Crippen molar-refractivity contribution in [3.05, 3.63) is 24.3 Å². The molecule has 0 saturated heterocycles. The van der Waals surface area contributed by atoms with Gasteiger partial charge in [0.1, 0.15) is 6.04 Å². The van der Waals surface area contributed by atoms with E-state index in [0.717, 1.165) is 4.90 Å². The lowest BCUT2D eigenvalue weighted by atomic mass is 9.69. The van der Waals surface area contributed by atoms with Gasteiger partial charge in [0, 0.05) is 14.0 Å². The molecule has 23 heavy (non-hydrogen) atoms. The summed E-state index contributed by atoms with van der Waals surface area (Å²) in [6, 6.07) is -2.85. The summed E-state index contributed by atoms with van der Waals surface area (Å²) in [6.45, 7) is 1.19. The standard InChI is InChI=1S/C15H20N2O6/c1-9(18)17(2)12(14(22)23)15(6-4-3-5-7-15)13(21)10(16)8-11(19)20/h3-6,10,12H,7-8,16H2,1-2H3,(H,19,20)(H,22,23)/t10-,12?,15?/m0/s1. The van der Waals surface area contributed by atoms with Gasteiger partial charge in [0.15, 0.2) is 5.78 Å². The van der Waals surface area contributed by atoms with Crippen molar-refractivity contribution in [1.29, 1.82) is 0 Å². The molecule has 0 saturated carbocycles. The van der Waals surface area contributed by atoms with Gasteiger partial charge < -0.3 is 20.8 Å². The number of carbonyl (C=O) groups excluding carboxylic acids is 2. The number of Topliss-reactive ketones (excluding diaryl/α,β-unsaturated/α-hetero) is 1. The van der Waals surface area contributed by atoms with Crippen LogP contribution in [0.2, 0.25) is 0 Å². The summed E-state index contributed by atoms with van der Waals surface area (Å²) in [5.41, 5.74) is 4.06. The van der Waals surface area contributed by atoms with Crippen molar-refractivity contribution in [2.75, 3.05) is 7.05 Å². The van der Waals surface area contributed by atoms with E-state index >= 15 is 0 Å². The molecule has 126 valence electrons. The molecule has 0 aliphatic heterocycles. The van der Waals surface area contributed by atoms with Crippen LogP contribution in [0.3, 0.4) is 0 Å². The molecule has 1 rings (SSSR count). The van der Waals surface area contributed by atoms with E-state index in [4.69, 9.17) is 10.8 Å². The molecular formula is C15H20N2O6. The number of amides is 1. The number of rotatable bonds is 7. The molecular weight excluding hydrogens is 304 g/mol. The van der Waals surface area contributed by atoms with Crippen molar-refractivity contribution in [3.8, 4) is 0 Å². The minimum atomic E-state index is -1.60. The molecule has 0 heterocycles. The fourth-order valence-corrected chi connectivity index (χ4v) is 2.70. The van der Waals surface area contributed by atoms with Crippen LogP contribution in [0.4, 0.5) is 0 Å². The summed E-state index contributed by atoms with van der Waals surface area (Å²) in [5, 5.41) is 18.4. The van der Waals surface area contributed by atoms with Gasteiger partial charge in [0.05, 0.1) is 17.9 Å². The summed E-state index contributed by atoms with van der Waals surface area (Å²) in [5.74, 6) is -3.87. The van der Waals surface area contributed by atoms with E-state index in [1.165, 1.54) is 26.1 Å². The zero-order chi connectivity index (χ0) is 17.8. The molecule has 0 bridgehead atoms. The summed E-state index contributed by atoms with van der Waals surface area (Å²) >= 11 is 0. The van der Waals surface area contributed by atoms with Crippen LogP contribution in [0.15, 0.2) is 24.3 Å². The number of ketones is 1. The molecule has 4 N–H and O–H groups in total. The molecule has 8 heteroatoms. The van der Waals surface area contributed by atoms with Crippen molar-refractivity contribution in [3.63, 3.8) is 0 Å². The Morgan fingerprint density at radius 1 is 1.26 bits per heavy atom. The number of likely N-dealkylation sites (N-methyl/N-ethyl adjacent to an activating group) is 1. The van der Waals surface area contributed by atoms with Crippen LogP contribution >= 0.6 is 0 Å². The van der Waals surface area contributed by atoms with Crippen molar-refractivity contribution in [1.82, 2.24) is 4.90 Å². The van der Waals surface area contributed by atoms with Crippen LogP contribution in [0.1, 0.15) is 19.8 Å². The Bertz CT molecular complexity index is 583. The number of aliphatic carboxylic acids is 2. The van der Waals surface area contributed by atoms with Crippen LogP contribution in [-0.4, -0.2) is 57.9 Å². The lowest BCUT2D eigenvalue weighted by Crippen LogP contribution is -2.59. The van der Waals surface area contributed by atoms with Gasteiger partial charge in [0.25, 0.3) is 0 Å². The van der Waals surface area contributed by atoms with E-state index < -0.39 is 47.5 Å². The third kappa shape index (κ3) is 3.84. The highest BCUT2D eigenvalue weighted by molar-refractivity contribution is 5.99. The predicted molar refractivity (Wildman–Crippen MR) is 80.4 cm³/mol. The van der Waals surface area contributed by atoms with E-state index in [2.05, 4.69) is 0 Å². The largest absolute Gasteiger partial charge is 0.481 e. The maximum atomic E-state index is 12.8. The van der Waals surface area contributed by atoms with Crippen LogP contribution in [-0.2, 0) is 19.2 Å². The number of carboxylic acid groups (broad SMARTS) is 2. The highest BCUT2D eigenvalue weighted by Gasteiger charge is 2.51. The molecule has 0 fully saturated rings. The van der Waals surface area contributed by atoms with Gasteiger partial charge in [-0.1, -0.05) is 24.3 Å².